The zero-order chi connectivity index (χ0) is 9.40. The van der Waals surface area contributed by atoms with Crippen LogP contribution in [0.1, 0.15) is 13.8 Å². The minimum Gasteiger partial charge on any atom is -0.388 e. The van der Waals surface area contributed by atoms with E-state index in [-0.39, 0.29) is 0 Å². The van der Waals surface area contributed by atoms with Gasteiger partial charge in [0, 0.05) is 25.3 Å². The molecule has 0 atom stereocenters. The van der Waals surface area contributed by atoms with Crippen molar-refractivity contribution in [1.29, 1.82) is 0 Å². The highest BCUT2D eigenvalue weighted by Gasteiger charge is 1.97. The van der Waals surface area contributed by atoms with E-state index in [2.05, 4.69) is 30.3 Å². The third-order valence-electron chi connectivity index (χ3n) is 1.69. The van der Waals surface area contributed by atoms with Crippen LogP contribution in [0.15, 0.2) is 24.9 Å². The monoisotopic (exact) mass is 168 g/mol. The van der Waals surface area contributed by atoms with Crippen LogP contribution in [-0.4, -0.2) is 31.1 Å². The van der Waals surface area contributed by atoms with Gasteiger partial charge >= 0.3 is 0 Å². The summed E-state index contributed by atoms with van der Waals surface area (Å²) >= 11 is 0. The lowest BCUT2D eigenvalue weighted by atomic mass is 10.4. The summed E-state index contributed by atoms with van der Waals surface area (Å²) in [6, 6.07) is 0. The lowest BCUT2D eigenvalue weighted by molar-refractivity contribution is 0.321. The third kappa shape index (κ3) is 5.98. The molecule has 0 heterocycles. The summed E-state index contributed by atoms with van der Waals surface area (Å²) < 4.78 is 0. The van der Waals surface area contributed by atoms with Crippen molar-refractivity contribution in [3.8, 4) is 0 Å². The zero-order valence-electron chi connectivity index (χ0n) is 8.27. The van der Waals surface area contributed by atoms with Crippen molar-refractivity contribution in [3.05, 3.63) is 24.9 Å². The molecular formula is C10H20N2. The molecule has 0 radical (unpaired) electrons. The van der Waals surface area contributed by atoms with Crippen molar-refractivity contribution in [1.82, 2.24) is 10.2 Å². The molecule has 0 amide bonds. The van der Waals surface area contributed by atoms with Gasteiger partial charge in [0.25, 0.3) is 0 Å². The average Bonchev–Trinajstić information content (AvgIpc) is 2.02. The third-order valence-corrected chi connectivity index (χ3v) is 1.69. The van der Waals surface area contributed by atoms with E-state index in [1.54, 1.807) is 0 Å². The highest BCUT2D eigenvalue weighted by molar-refractivity contribution is 4.84. The Hall–Kier alpha value is -0.760. The molecular weight excluding hydrogens is 148 g/mol. The topological polar surface area (TPSA) is 15.3 Å². The average molecular weight is 168 g/mol. The molecule has 2 heteroatoms. The second-order valence-corrected chi connectivity index (χ2v) is 2.89. The molecule has 0 unspecified atom stereocenters. The normalized spacial score (nSPS) is 9.92. The predicted octanol–water partition coefficient (Wildman–Crippen LogP) is 1.62. The van der Waals surface area contributed by atoms with E-state index in [1.807, 2.05) is 13.0 Å². The zero-order valence-corrected chi connectivity index (χ0v) is 8.27. The summed E-state index contributed by atoms with van der Waals surface area (Å²) in [5.74, 6) is 0. The van der Waals surface area contributed by atoms with Crippen molar-refractivity contribution in [2.45, 2.75) is 13.8 Å². The number of nitrogens with zero attached hydrogens (tertiary/aromatic N) is 1. The van der Waals surface area contributed by atoms with E-state index in [1.165, 1.54) is 0 Å². The van der Waals surface area contributed by atoms with Gasteiger partial charge in [-0.25, -0.2) is 0 Å². The van der Waals surface area contributed by atoms with E-state index in [0.717, 1.165) is 31.9 Å². The molecule has 0 aliphatic rings. The Labute approximate surface area is 76.0 Å². The number of likely N-dealkylation sites (N-methyl/N-ethyl adjacent to an activating group) is 1. The first-order chi connectivity index (χ1) is 5.70. The largest absolute Gasteiger partial charge is 0.388 e. The van der Waals surface area contributed by atoms with Crippen LogP contribution in [0.4, 0.5) is 0 Å². The van der Waals surface area contributed by atoms with Gasteiger partial charge in [-0.3, -0.25) is 4.90 Å². The molecule has 0 bridgehead atoms. The maximum Gasteiger partial charge on any atom is 0.0271 e. The molecule has 70 valence electrons. The smallest absolute Gasteiger partial charge is 0.0271 e. The molecule has 0 aliphatic heterocycles. The van der Waals surface area contributed by atoms with Crippen molar-refractivity contribution in [3.63, 3.8) is 0 Å². The minimum atomic E-state index is 0.967. The summed E-state index contributed by atoms with van der Waals surface area (Å²) in [7, 11) is 0. The molecule has 0 spiro atoms. The Balaban J connectivity index is 3.43. The first kappa shape index (κ1) is 11.2. The van der Waals surface area contributed by atoms with E-state index in [4.69, 9.17) is 0 Å². The van der Waals surface area contributed by atoms with Gasteiger partial charge in [-0.15, -0.1) is 6.58 Å². The highest BCUT2D eigenvalue weighted by atomic mass is 15.1. The molecule has 0 saturated heterocycles. The fourth-order valence-electron chi connectivity index (χ4n) is 0.988. The summed E-state index contributed by atoms with van der Waals surface area (Å²) in [5, 5.41) is 3.20. The maximum absolute atomic E-state index is 3.77. The van der Waals surface area contributed by atoms with Crippen LogP contribution in [0, 0.1) is 0 Å². The van der Waals surface area contributed by atoms with Crippen LogP contribution < -0.4 is 5.32 Å². The van der Waals surface area contributed by atoms with E-state index < -0.39 is 0 Å². The van der Waals surface area contributed by atoms with Gasteiger partial charge in [-0.05, 0) is 13.5 Å². The van der Waals surface area contributed by atoms with Gasteiger partial charge in [0.1, 0.15) is 0 Å². The molecule has 0 aromatic rings. The minimum absolute atomic E-state index is 0.967. The fourth-order valence-corrected chi connectivity index (χ4v) is 0.988. The summed E-state index contributed by atoms with van der Waals surface area (Å²) in [4.78, 5) is 2.32. The Kier molecular flexibility index (Phi) is 6.48. The van der Waals surface area contributed by atoms with Crippen LogP contribution in [0.3, 0.4) is 0 Å². The van der Waals surface area contributed by atoms with Crippen LogP contribution in [0.25, 0.3) is 0 Å². The molecule has 12 heavy (non-hydrogen) atoms. The Bertz CT molecular complexity index is 141. The second kappa shape index (κ2) is 6.92. The van der Waals surface area contributed by atoms with E-state index in [9.17, 15) is 0 Å². The highest BCUT2D eigenvalue weighted by Crippen LogP contribution is 1.87. The van der Waals surface area contributed by atoms with Crippen molar-refractivity contribution >= 4 is 0 Å². The molecule has 0 aromatic carbocycles. The molecule has 0 rings (SSSR count). The molecule has 1 N–H and O–H groups in total. The number of hydrogen-bond donors (Lipinski definition) is 1. The van der Waals surface area contributed by atoms with Gasteiger partial charge in [0.2, 0.25) is 0 Å². The molecule has 0 aliphatic carbocycles. The maximum atomic E-state index is 3.77. The second-order valence-electron chi connectivity index (χ2n) is 2.89. The standard InChI is InChI=1S/C10H20N2/c1-5-8-12(6-2)9-7-11-10(3)4/h5,11H,1,3,6-9H2,2,4H3. The summed E-state index contributed by atoms with van der Waals surface area (Å²) in [6.07, 6.45) is 1.93. The van der Waals surface area contributed by atoms with Crippen molar-refractivity contribution in [2.24, 2.45) is 0 Å². The first-order valence-electron chi connectivity index (χ1n) is 4.43. The Morgan fingerprint density at radius 3 is 2.67 bits per heavy atom. The SMILES string of the molecule is C=CCN(CC)CCNC(=C)C. The Morgan fingerprint density at radius 1 is 1.58 bits per heavy atom. The van der Waals surface area contributed by atoms with Crippen molar-refractivity contribution < 1.29 is 0 Å². The van der Waals surface area contributed by atoms with Gasteiger partial charge in [-0.2, -0.15) is 0 Å². The lowest BCUT2D eigenvalue weighted by Crippen LogP contribution is -2.31. The first-order valence-corrected chi connectivity index (χ1v) is 4.43. The van der Waals surface area contributed by atoms with Crippen molar-refractivity contribution in [2.75, 3.05) is 26.2 Å². The number of nitrogens with one attached hydrogen (secondary N) is 1. The van der Waals surface area contributed by atoms with Gasteiger partial charge in [-0.1, -0.05) is 19.6 Å². The van der Waals surface area contributed by atoms with Gasteiger partial charge in [0.15, 0.2) is 0 Å². The Morgan fingerprint density at radius 2 is 2.25 bits per heavy atom. The molecule has 2 nitrogen and oxygen atoms in total. The number of allylic oxidation sites excluding steroid dienone is 1. The molecule has 0 aromatic heterocycles. The summed E-state index contributed by atoms with van der Waals surface area (Å²) in [6.45, 7) is 15.7. The number of rotatable bonds is 7. The van der Waals surface area contributed by atoms with Gasteiger partial charge in [0.05, 0.1) is 0 Å². The quantitative estimate of drug-likeness (QED) is 0.581. The van der Waals surface area contributed by atoms with E-state index in [0.29, 0.717) is 0 Å². The molecule has 0 fully saturated rings. The van der Waals surface area contributed by atoms with Crippen LogP contribution >= 0.6 is 0 Å². The molecule has 0 saturated carbocycles. The van der Waals surface area contributed by atoms with Crippen LogP contribution in [0.2, 0.25) is 0 Å². The lowest BCUT2D eigenvalue weighted by Gasteiger charge is -2.18. The van der Waals surface area contributed by atoms with E-state index >= 15 is 0 Å². The predicted molar refractivity (Wildman–Crippen MR) is 55.1 cm³/mol. The van der Waals surface area contributed by atoms with Gasteiger partial charge < -0.3 is 5.32 Å². The number of hydrogen-bond acceptors (Lipinski definition) is 2. The van der Waals surface area contributed by atoms with Crippen LogP contribution in [0.5, 0.6) is 0 Å². The fraction of sp³-hybridized carbons (Fsp3) is 0.600. The summed E-state index contributed by atoms with van der Waals surface area (Å²) in [5.41, 5.74) is 1.03. The van der Waals surface area contributed by atoms with Crippen LogP contribution in [-0.2, 0) is 0 Å².